The van der Waals surface area contributed by atoms with Gasteiger partial charge in [-0.2, -0.15) is 0 Å². The lowest BCUT2D eigenvalue weighted by Gasteiger charge is -2.22. The van der Waals surface area contributed by atoms with Crippen LogP contribution in [-0.2, 0) is 17.7 Å². The molecule has 1 unspecified atom stereocenters. The number of hydrogen-bond acceptors (Lipinski definition) is 6. The van der Waals surface area contributed by atoms with Crippen molar-refractivity contribution in [1.29, 1.82) is 0 Å². The van der Waals surface area contributed by atoms with Crippen LogP contribution < -0.4 is 0 Å². The monoisotopic (exact) mass is 351 g/mol. The molecule has 0 N–H and O–H groups in total. The van der Waals surface area contributed by atoms with Gasteiger partial charge in [0.25, 0.3) is 0 Å². The maximum Gasteiger partial charge on any atom is 0.221 e. The Kier molecular flexibility index (Phi) is 4.01. The average molecular weight is 351 g/mol. The Morgan fingerprint density at radius 1 is 0.846 bits per heavy atom. The maximum atomic E-state index is 6.07. The van der Waals surface area contributed by atoms with Gasteiger partial charge in [0.05, 0.1) is 5.92 Å². The molecule has 3 aromatic rings. The van der Waals surface area contributed by atoms with Crippen LogP contribution in [0.3, 0.4) is 0 Å². The lowest BCUT2D eigenvalue weighted by molar-refractivity contribution is 0.0789. The summed E-state index contributed by atoms with van der Waals surface area (Å²) >= 11 is 0. The highest BCUT2D eigenvalue weighted by molar-refractivity contribution is 5.55. The van der Waals surface area contributed by atoms with Crippen LogP contribution in [-0.4, -0.2) is 38.2 Å². The van der Waals surface area contributed by atoms with Gasteiger partial charge < -0.3 is 13.7 Å². The zero-order valence-electron chi connectivity index (χ0n) is 14.5. The summed E-state index contributed by atoms with van der Waals surface area (Å²) in [4.78, 5) is 0. The third kappa shape index (κ3) is 2.82. The molecule has 134 valence electrons. The molecule has 0 amide bonds. The zero-order valence-corrected chi connectivity index (χ0v) is 14.5. The first-order valence-electron chi connectivity index (χ1n) is 9.27. The summed E-state index contributed by atoms with van der Waals surface area (Å²) in [7, 11) is 0. The number of rotatable bonds is 3. The third-order valence-electron chi connectivity index (χ3n) is 5.35. The molecule has 7 nitrogen and oxygen atoms in total. The van der Waals surface area contributed by atoms with E-state index in [1.807, 2.05) is 18.2 Å². The molecule has 0 bridgehead atoms. The van der Waals surface area contributed by atoms with E-state index in [-0.39, 0.29) is 5.92 Å². The van der Waals surface area contributed by atoms with E-state index >= 15 is 0 Å². The number of fused-ring (bicyclic) bond motifs is 1. The Balaban J connectivity index is 1.39. The van der Waals surface area contributed by atoms with Crippen LogP contribution in [0.25, 0.3) is 11.4 Å². The maximum absolute atomic E-state index is 6.07. The summed E-state index contributed by atoms with van der Waals surface area (Å²) in [5.74, 6) is 3.99. The molecular weight excluding hydrogens is 330 g/mol. The van der Waals surface area contributed by atoms with Gasteiger partial charge in [0.2, 0.25) is 11.8 Å². The van der Waals surface area contributed by atoms with Gasteiger partial charge in [-0.15, -0.1) is 20.4 Å². The molecule has 1 saturated heterocycles. The minimum atomic E-state index is 0.210. The van der Waals surface area contributed by atoms with Gasteiger partial charge >= 0.3 is 0 Å². The van der Waals surface area contributed by atoms with Crippen molar-refractivity contribution in [2.75, 3.05) is 13.2 Å². The lowest BCUT2D eigenvalue weighted by atomic mass is 9.98. The first-order chi connectivity index (χ1) is 12.9. The summed E-state index contributed by atoms with van der Waals surface area (Å²) in [6.07, 6.45) is 3.75. The van der Waals surface area contributed by atoms with E-state index in [0.717, 1.165) is 74.4 Å². The van der Waals surface area contributed by atoms with E-state index in [9.17, 15) is 0 Å². The van der Waals surface area contributed by atoms with E-state index < -0.39 is 0 Å². The minimum Gasteiger partial charge on any atom is -0.425 e. The molecule has 1 atom stereocenters. The van der Waals surface area contributed by atoms with Crippen LogP contribution in [0, 0.1) is 0 Å². The van der Waals surface area contributed by atoms with E-state index in [4.69, 9.17) is 9.15 Å². The predicted molar refractivity (Wildman–Crippen MR) is 93.6 cm³/mol. The number of ether oxygens (including phenoxy) is 1. The van der Waals surface area contributed by atoms with Crippen molar-refractivity contribution in [1.82, 2.24) is 25.0 Å². The van der Waals surface area contributed by atoms with Crippen molar-refractivity contribution >= 4 is 0 Å². The highest BCUT2D eigenvalue weighted by atomic mass is 16.5. The highest BCUT2D eigenvalue weighted by Gasteiger charge is 2.29. The highest BCUT2D eigenvalue weighted by Crippen LogP contribution is 2.33. The fourth-order valence-corrected chi connectivity index (χ4v) is 3.85. The quantitative estimate of drug-likeness (QED) is 0.722. The minimum absolute atomic E-state index is 0.210. The van der Waals surface area contributed by atoms with Gasteiger partial charge in [0, 0.05) is 37.7 Å². The van der Waals surface area contributed by atoms with Crippen LogP contribution in [0.5, 0.6) is 0 Å². The smallest absolute Gasteiger partial charge is 0.221 e. The summed E-state index contributed by atoms with van der Waals surface area (Å²) in [5, 5.41) is 17.5. The molecule has 2 aliphatic rings. The molecule has 7 heteroatoms. The Morgan fingerprint density at radius 2 is 1.62 bits per heavy atom. The van der Waals surface area contributed by atoms with Crippen LogP contribution in [0.1, 0.15) is 48.7 Å². The van der Waals surface area contributed by atoms with E-state index in [0.29, 0.717) is 5.92 Å². The van der Waals surface area contributed by atoms with Gasteiger partial charge in [0.1, 0.15) is 5.82 Å². The lowest BCUT2D eigenvalue weighted by Crippen LogP contribution is -2.20. The summed E-state index contributed by atoms with van der Waals surface area (Å²) in [6.45, 7) is 2.33. The number of benzene rings is 1. The molecule has 4 heterocycles. The fraction of sp³-hybridized carbons (Fsp3) is 0.474. The fourth-order valence-electron chi connectivity index (χ4n) is 3.85. The van der Waals surface area contributed by atoms with Gasteiger partial charge in [-0.1, -0.05) is 30.3 Å². The van der Waals surface area contributed by atoms with Crippen LogP contribution in [0.15, 0.2) is 34.7 Å². The molecule has 26 heavy (non-hydrogen) atoms. The van der Waals surface area contributed by atoms with E-state index in [1.54, 1.807) is 0 Å². The molecule has 1 aromatic carbocycles. The predicted octanol–water partition coefficient (Wildman–Crippen LogP) is 2.95. The standard InChI is InChI=1S/C19H21N5O2/c1-2-4-13(5-3-1)17-21-20-16-7-6-15(12-24(16)17)19-23-22-18(26-19)14-8-10-25-11-9-14/h1-5,14-15H,6-12H2. The summed E-state index contributed by atoms with van der Waals surface area (Å²) in [5.41, 5.74) is 1.08. The first kappa shape index (κ1) is 15.7. The second-order valence-electron chi connectivity index (χ2n) is 7.02. The van der Waals surface area contributed by atoms with E-state index in [1.165, 1.54) is 0 Å². The number of aromatic nitrogens is 5. The number of nitrogens with zero attached hydrogens (tertiary/aromatic N) is 5. The normalized spacial score (nSPS) is 20.8. The van der Waals surface area contributed by atoms with Gasteiger partial charge in [0.15, 0.2) is 5.82 Å². The SMILES string of the molecule is c1ccc(-c2nnc3n2CC(c2nnc(C4CCOCC4)o2)CC3)cc1. The number of aryl methyl sites for hydroxylation is 1. The molecule has 0 radical (unpaired) electrons. The second kappa shape index (κ2) is 6.64. The Labute approximate surface area is 151 Å². The third-order valence-corrected chi connectivity index (χ3v) is 5.35. The topological polar surface area (TPSA) is 78.9 Å². The van der Waals surface area contributed by atoms with Crippen molar-refractivity contribution in [2.45, 2.75) is 44.1 Å². The van der Waals surface area contributed by atoms with Crippen molar-refractivity contribution in [3.63, 3.8) is 0 Å². The Hall–Kier alpha value is -2.54. The Bertz CT molecular complexity index is 882. The summed E-state index contributed by atoms with van der Waals surface area (Å²) < 4.78 is 13.7. The average Bonchev–Trinajstić information content (AvgIpc) is 3.36. The zero-order chi connectivity index (χ0) is 17.3. The van der Waals surface area contributed by atoms with E-state index in [2.05, 4.69) is 37.1 Å². The van der Waals surface area contributed by atoms with Gasteiger partial charge in [-0.3, -0.25) is 0 Å². The molecule has 2 aliphatic heterocycles. The van der Waals surface area contributed by atoms with Crippen LogP contribution in [0.2, 0.25) is 0 Å². The molecule has 0 aliphatic carbocycles. The first-order valence-corrected chi connectivity index (χ1v) is 9.27. The molecule has 2 aromatic heterocycles. The molecule has 5 rings (SSSR count). The molecule has 0 saturated carbocycles. The van der Waals surface area contributed by atoms with Gasteiger partial charge in [-0.25, -0.2) is 0 Å². The van der Waals surface area contributed by atoms with Crippen molar-refractivity contribution < 1.29 is 9.15 Å². The number of hydrogen-bond donors (Lipinski definition) is 0. The second-order valence-corrected chi connectivity index (χ2v) is 7.02. The van der Waals surface area contributed by atoms with Crippen molar-refractivity contribution in [3.8, 4) is 11.4 Å². The van der Waals surface area contributed by atoms with Crippen molar-refractivity contribution in [3.05, 3.63) is 47.9 Å². The molecular formula is C19H21N5O2. The van der Waals surface area contributed by atoms with Crippen molar-refractivity contribution in [2.24, 2.45) is 0 Å². The van der Waals surface area contributed by atoms with Crippen LogP contribution in [0.4, 0.5) is 0 Å². The Morgan fingerprint density at radius 3 is 2.42 bits per heavy atom. The largest absolute Gasteiger partial charge is 0.425 e. The van der Waals surface area contributed by atoms with Gasteiger partial charge in [-0.05, 0) is 19.3 Å². The summed E-state index contributed by atoms with van der Waals surface area (Å²) in [6, 6.07) is 10.2. The molecule has 1 fully saturated rings. The molecule has 0 spiro atoms. The van der Waals surface area contributed by atoms with Crippen LogP contribution >= 0.6 is 0 Å².